The fourth-order valence-corrected chi connectivity index (χ4v) is 0. The Kier molecular flexibility index (Phi) is 69.3. The van der Waals surface area contributed by atoms with Gasteiger partial charge < -0.3 is 0 Å². The minimum absolute atomic E-state index is 0. The second-order valence-corrected chi connectivity index (χ2v) is 0.0833. The van der Waals surface area contributed by atoms with Gasteiger partial charge in [-0.15, -0.1) is 0 Å². The number of hydrogen-bond acceptors (Lipinski definition) is 2. The van der Waals surface area contributed by atoms with Gasteiger partial charge in [-0.25, -0.2) is 0 Å². The van der Waals surface area contributed by atoms with E-state index in [1.54, 1.807) is 0 Å². The van der Waals surface area contributed by atoms with Crippen LogP contribution in [-0.4, -0.2) is 29.6 Å². The second-order valence-electron chi connectivity index (χ2n) is 0.0833. The Morgan fingerprint density at radius 1 is 1.60 bits per heavy atom. The first-order valence-corrected chi connectivity index (χ1v) is 0.408. The van der Waals surface area contributed by atoms with E-state index >= 15 is 0 Å². The molecule has 0 amide bonds. The maximum absolute atomic E-state index is 8.12. The van der Waals surface area contributed by atoms with Gasteiger partial charge in [-0.1, -0.05) is 0 Å². The first kappa shape index (κ1) is 16.8. The van der Waals surface area contributed by atoms with Gasteiger partial charge in [-0.2, -0.15) is 0 Å². The average molecular weight is 130 g/mol. The number of rotatable bonds is 0. The van der Waals surface area contributed by atoms with Crippen LogP contribution in [0.1, 0.15) is 0 Å². The summed E-state index contributed by atoms with van der Waals surface area (Å²) < 4.78 is 0. The van der Waals surface area contributed by atoms with Gasteiger partial charge >= 0.3 is 29.6 Å². The summed E-state index contributed by atoms with van der Waals surface area (Å²) in [5.74, 6) is 0. The predicted octanol–water partition coefficient (Wildman–Crippen LogP) is -2.32. The Bertz CT molecular complexity index is 17.1. The van der Waals surface area contributed by atoms with Crippen molar-refractivity contribution in [3.8, 4) is 0 Å². The molecule has 0 aliphatic carbocycles. The molecule has 0 aliphatic heterocycles. The van der Waals surface area contributed by atoms with Crippen LogP contribution in [0.4, 0.5) is 0 Å². The van der Waals surface area contributed by atoms with Gasteiger partial charge in [0.2, 0.25) is 0 Å². The Hall–Kier alpha value is 0.906. The molecule has 0 spiro atoms. The number of hydrogen-bond donors (Lipinski definition) is 1. The van der Waals surface area contributed by atoms with Crippen molar-refractivity contribution < 1.29 is 22.1 Å². The summed E-state index contributed by atoms with van der Waals surface area (Å²) in [5.41, 5.74) is 0. The van der Waals surface area contributed by atoms with Gasteiger partial charge in [0.05, 0.1) is 0 Å². The van der Waals surface area contributed by atoms with Crippen molar-refractivity contribution in [1.29, 1.82) is 0 Å². The summed E-state index contributed by atoms with van der Waals surface area (Å²) >= 11 is 0. The van der Waals surface area contributed by atoms with Crippen LogP contribution in [0.2, 0.25) is 0 Å². The molecule has 3 nitrogen and oxygen atoms in total. The normalized spacial score (nSPS) is 2.40. The van der Waals surface area contributed by atoms with Crippen LogP contribution in [0.15, 0.2) is 0 Å². The zero-order chi connectivity index (χ0) is 2.71. The third kappa shape index (κ3) is 50.4. The Morgan fingerprint density at radius 2 is 1.60 bits per heavy atom. The summed E-state index contributed by atoms with van der Waals surface area (Å²) in [4.78, 5) is 8.12. The van der Waals surface area contributed by atoms with E-state index in [0.717, 1.165) is 0 Å². The Labute approximate surface area is 61.6 Å². The summed E-state index contributed by atoms with van der Waals surface area (Å²) in [6.45, 7) is 0. The van der Waals surface area contributed by atoms with Crippen molar-refractivity contribution in [3.63, 3.8) is 0 Å². The maximum atomic E-state index is 8.12. The molecule has 0 aliphatic rings. The molecule has 0 atom stereocenters. The van der Waals surface area contributed by atoms with E-state index in [9.17, 15) is 0 Å². The van der Waals surface area contributed by atoms with Gasteiger partial charge in [0.25, 0.3) is 0 Å². The molecule has 29 valence electrons. The van der Waals surface area contributed by atoms with Crippen LogP contribution in [0.3, 0.4) is 0 Å². The molecule has 0 unspecified atom stereocenters. The van der Waals surface area contributed by atoms with Crippen LogP contribution in [0.25, 0.3) is 0 Å². The molecule has 0 fully saturated rings. The molecule has 0 aromatic rings. The van der Waals surface area contributed by atoms with Crippen molar-refractivity contribution >= 4 is 29.6 Å². The summed E-state index contributed by atoms with van der Waals surface area (Å²) in [5, 5.41) is 8.38. The zero-order valence-corrected chi connectivity index (χ0v) is 2.69. The van der Waals surface area contributed by atoms with Crippen LogP contribution >= 0.6 is 0 Å². The minimum atomic E-state index is 0. The molecule has 0 aromatic heterocycles. The molecular formula is H2CoNNaO2. The second kappa shape index (κ2) is 20.6. The van der Waals surface area contributed by atoms with Crippen molar-refractivity contribution in [2.75, 3.05) is 0 Å². The standard InChI is InChI=1S/Co.HNO2.Na.H/c;2-1-3;;/h;1H;;. The van der Waals surface area contributed by atoms with Crippen molar-refractivity contribution in [3.05, 3.63) is 10.1 Å². The van der Waals surface area contributed by atoms with Gasteiger partial charge in [0.15, 0.2) is 0 Å². The monoisotopic (exact) mass is 130 g/mol. The molecule has 1 radical (unpaired) electrons. The number of nitrogens with one attached hydrogen (secondary N) is 1. The summed E-state index contributed by atoms with van der Waals surface area (Å²) in [6, 6.07) is 0. The Balaban J connectivity index is -0.0000000200. The fraction of sp³-hybridized carbons (Fsp3) is 0. The first-order valence-electron chi connectivity index (χ1n) is 0.408. The molecule has 0 heterocycles. The van der Waals surface area contributed by atoms with Gasteiger partial charge in [0, 0.05) is 22.1 Å². The third-order valence-electron chi connectivity index (χ3n) is 0. The van der Waals surface area contributed by atoms with E-state index in [2.05, 4.69) is 0 Å². The van der Waals surface area contributed by atoms with Crippen LogP contribution in [-0.2, 0) is 16.8 Å². The topological polar surface area (TPSA) is 54.1 Å². The molecule has 1 N–H and O–H groups in total. The SMILES string of the molecule is O=[NH+][O-].[Co].[NaH]. The molecule has 0 bridgehead atoms. The van der Waals surface area contributed by atoms with Crippen molar-refractivity contribution in [2.24, 2.45) is 0 Å². The van der Waals surface area contributed by atoms with Gasteiger partial charge in [-0.3, -0.25) is 10.1 Å². The van der Waals surface area contributed by atoms with E-state index in [4.69, 9.17) is 10.1 Å². The first-order chi connectivity index (χ1) is 1.41. The van der Waals surface area contributed by atoms with E-state index in [1.807, 2.05) is 0 Å². The van der Waals surface area contributed by atoms with Crippen molar-refractivity contribution in [1.82, 2.24) is 0 Å². The quantitative estimate of drug-likeness (QED) is 0.227. The molecule has 0 saturated heterocycles. The van der Waals surface area contributed by atoms with Crippen molar-refractivity contribution in [2.45, 2.75) is 0 Å². The van der Waals surface area contributed by atoms with Gasteiger partial charge in [-0.05, 0) is 0 Å². The average Bonchev–Trinajstić information content (AvgIpc) is 0.918. The van der Waals surface area contributed by atoms with Crippen LogP contribution in [0.5, 0.6) is 0 Å². The predicted molar refractivity (Wildman–Crippen MR) is 14.8 cm³/mol. The van der Waals surface area contributed by atoms with Crippen LogP contribution in [0, 0.1) is 10.1 Å². The van der Waals surface area contributed by atoms with E-state index in [1.165, 1.54) is 0 Å². The molecule has 0 rings (SSSR count). The fourth-order valence-electron chi connectivity index (χ4n) is 0. The molecule has 0 saturated carbocycles. The third-order valence-corrected chi connectivity index (χ3v) is 0. The summed E-state index contributed by atoms with van der Waals surface area (Å²) in [7, 11) is 0. The molecule has 5 heavy (non-hydrogen) atoms. The summed E-state index contributed by atoms with van der Waals surface area (Å²) in [6.07, 6.45) is 0. The molecule has 5 heteroatoms. The zero-order valence-electron chi connectivity index (χ0n) is 1.65. The van der Waals surface area contributed by atoms with E-state index in [0.29, 0.717) is 0 Å². The molecular weight excluding hydrogens is 128 g/mol. The van der Waals surface area contributed by atoms with E-state index in [-0.39, 0.29) is 51.7 Å². The van der Waals surface area contributed by atoms with E-state index < -0.39 is 0 Å². The molecule has 0 aromatic carbocycles. The Morgan fingerprint density at radius 3 is 1.60 bits per heavy atom. The van der Waals surface area contributed by atoms with Crippen LogP contribution < -0.4 is 5.34 Å². The van der Waals surface area contributed by atoms with Gasteiger partial charge in [0.1, 0.15) is 0 Å².